The second kappa shape index (κ2) is 6.47. The fourth-order valence-electron chi connectivity index (χ4n) is 2.60. The van der Waals surface area contributed by atoms with Crippen molar-refractivity contribution >= 4 is 5.97 Å². The van der Waals surface area contributed by atoms with Crippen LogP contribution in [0.1, 0.15) is 34.5 Å². The summed E-state index contributed by atoms with van der Waals surface area (Å²) in [7, 11) is 1.67. The molecule has 0 radical (unpaired) electrons. The average molecular weight is 317 g/mol. The van der Waals surface area contributed by atoms with E-state index in [1.807, 2.05) is 24.3 Å². The van der Waals surface area contributed by atoms with Crippen LogP contribution in [0.2, 0.25) is 0 Å². The largest absolute Gasteiger partial charge is 0.460 e. The third-order valence-electron chi connectivity index (χ3n) is 3.91. The smallest absolute Gasteiger partial charge is 0.378 e. The number of hydrogen-bond acceptors (Lipinski definition) is 6. The third kappa shape index (κ3) is 2.85. The zero-order valence-electron chi connectivity index (χ0n) is 13.2. The Balaban J connectivity index is 1.87. The number of carbonyl (C=O) groups is 1. The molecule has 2 aromatic rings. The molecule has 0 amide bonds. The lowest BCUT2D eigenvalue weighted by molar-refractivity contribution is -0.0420. The molecule has 23 heavy (non-hydrogen) atoms. The maximum absolute atomic E-state index is 11.7. The number of methoxy groups -OCH3 is 1. The van der Waals surface area contributed by atoms with Gasteiger partial charge in [-0.3, -0.25) is 5.10 Å². The van der Waals surface area contributed by atoms with Crippen molar-refractivity contribution in [1.29, 1.82) is 0 Å². The number of ether oxygens (including phenoxy) is 3. The molecule has 0 bridgehead atoms. The van der Waals surface area contributed by atoms with Gasteiger partial charge in [0.25, 0.3) is 5.82 Å². The molecule has 0 spiro atoms. The maximum atomic E-state index is 11.7. The predicted octanol–water partition coefficient (Wildman–Crippen LogP) is 1.44. The Labute approximate surface area is 134 Å². The van der Waals surface area contributed by atoms with Crippen molar-refractivity contribution in [2.24, 2.45) is 0 Å². The first-order valence-electron chi connectivity index (χ1n) is 7.45. The molecule has 1 saturated heterocycles. The summed E-state index contributed by atoms with van der Waals surface area (Å²) in [4.78, 5) is 16.0. The monoisotopic (exact) mass is 317 g/mol. The molecule has 0 atom stereocenters. The lowest BCUT2D eigenvalue weighted by atomic mass is 9.77. The summed E-state index contributed by atoms with van der Waals surface area (Å²) >= 11 is 0. The number of nitrogens with one attached hydrogen (secondary N) is 1. The van der Waals surface area contributed by atoms with Crippen molar-refractivity contribution in [1.82, 2.24) is 15.2 Å². The van der Waals surface area contributed by atoms with Gasteiger partial charge in [0, 0.05) is 7.11 Å². The molecule has 1 fully saturated rings. The van der Waals surface area contributed by atoms with Crippen molar-refractivity contribution < 1.29 is 19.0 Å². The molecule has 122 valence electrons. The van der Waals surface area contributed by atoms with E-state index < -0.39 is 11.4 Å². The van der Waals surface area contributed by atoms with Crippen LogP contribution in [0.5, 0.6) is 0 Å². The highest BCUT2D eigenvalue weighted by atomic mass is 16.5. The van der Waals surface area contributed by atoms with Gasteiger partial charge in [0.2, 0.25) is 0 Å². The van der Waals surface area contributed by atoms with Crippen molar-refractivity contribution in [3.8, 4) is 0 Å². The Morgan fingerprint density at radius 1 is 1.35 bits per heavy atom. The summed E-state index contributed by atoms with van der Waals surface area (Å²) in [6.45, 7) is 3.59. The number of rotatable bonds is 6. The van der Waals surface area contributed by atoms with Crippen LogP contribution in [-0.2, 0) is 26.2 Å². The Hall–Kier alpha value is -2.25. The fraction of sp³-hybridized carbons (Fsp3) is 0.438. The Kier molecular flexibility index (Phi) is 4.40. The van der Waals surface area contributed by atoms with E-state index in [0.29, 0.717) is 25.6 Å². The van der Waals surface area contributed by atoms with E-state index in [1.165, 1.54) is 0 Å². The quantitative estimate of drug-likeness (QED) is 0.811. The van der Waals surface area contributed by atoms with Gasteiger partial charge in [-0.25, -0.2) is 9.78 Å². The van der Waals surface area contributed by atoms with E-state index in [0.717, 1.165) is 11.1 Å². The maximum Gasteiger partial charge on any atom is 0.378 e. The van der Waals surface area contributed by atoms with Gasteiger partial charge < -0.3 is 14.2 Å². The van der Waals surface area contributed by atoms with E-state index >= 15 is 0 Å². The number of aromatic amines is 1. The highest BCUT2D eigenvalue weighted by molar-refractivity contribution is 5.85. The van der Waals surface area contributed by atoms with Crippen LogP contribution in [0.3, 0.4) is 0 Å². The molecule has 0 saturated carbocycles. The van der Waals surface area contributed by atoms with Gasteiger partial charge in [0.05, 0.1) is 26.4 Å². The summed E-state index contributed by atoms with van der Waals surface area (Å²) in [6, 6.07) is 8.09. The van der Waals surface area contributed by atoms with Crippen LogP contribution >= 0.6 is 0 Å². The first-order chi connectivity index (χ1) is 11.2. The zero-order chi connectivity index (χ0) is 16.3. The fourth-order valence-corrected chi connectivity index (χ4v) is 2.60. The van der Waals surface area contributed by atoms with Crippen molar-refractivity contribution in [3.05, 3.63) is 47.0 Å². The molecule has 1 aliphatic rings. The van der Waals surface area contributed by atoms with E-state index in [1.54, 1.807) is 14.0 Å². The van der Waals surface area contributed by atoms with Gasteiger partial charge in [-0.1, -0.05) is 24.3 Å². The molecular formula is C16H19N3O4. The molecule has 7 nitrogen and oxygen atoms in total. The van der Waals surface area contributed by atoms with Gasteiger partial charge in [0.15, 0.2) is 0 Å². The molecule has 7 heteroatoms. The molecule has 3 rings (SSSR count). The summed E-state index contributed by atoms with van der Waals surface area (Å²) < 4.78 is 15.5. The Morgan fingerprint density at radius 3 is 2.65 bits per heavy atom. The number of esters is 1. The predicted molar refractivity (Wildman–Crippen MR) is 81.1 cm³/mol. The van der Waals surface area contributed by atoms with Gasteiger partial charge in [-0.2, -0.15) is 0 Å². The Bertz CT molecular complexity index is 677. The minimum Gasteiger partial charge on any atom is -0.460 e. The van der Waals surface area contributed by atoms with Crippen LogP contribution in [0, 0.1) is 0 Å². The number of benzene rings is 1. The normalized spacial score (nSPS) is 15.9. The lowest BCUT2D eigenvalue weighted by Gasteiger charge is -2.39. The summed E-state index contributed by atoms with van der Waals surface area (Å²) in [5, 5.41) is 6.83. The van der Waals surface area contributed by atoms with Crippen LogP contribution in [0.4, 0.5) is 0 Å². The van der Waals surface area contributed by atoms with Crippen molar-refractivity contribution in [2.45, 2.75) is 18.9 Å². The van der Waals surface area contributed by atoms with Gasteiger partial charge >= 0.3 is 5.97 Å². The number of hydrogen-bond donors (Lipinski definition) is 1. The highest BCUT2D eigenvalue weighted by Gasteiger charge is 2.45. The van der Waals surface area contributed by atoms with E-state index in [2.05, 4.69) is 15.2 Å². The second-order valence-electron chi connectivity index (χ2n) is 5.43. The zero-order valence-corrected chi connectivity index (χ0v) is 13.2. The average Bonchev–Trinajstić information content (AvgIpc) is 2.99. The lowest BCUT2D eigenvalue weighted by Crippen LogP contribution is -2.48. The first kappa shape index (κ1) is 15.6. The second-order valence-corrected chi connectivity index (χ2v) is 5.43. The molecular weight excluding hydrogens is 298 g/mol. The highest BCUT2D eigenvalue weighted by Crippen LogP contribution is 2.37. The molecule has 1 aliphatic heterocycles. The molecule has 0 unspecified atom stereocenters. The molecule has 1 aromatic heterocycles. The summed E-state index contributed by atoms with van der Waals surface area (Å²) in [6.07, 6.45) is 0. The van der Waals surface area contributed by atoms with Crippen LogP contribution in [0.15, 0.2) is 24.3 Å². The van der Waals surface area contributed by atoms with E-state index in [-0.39, 0.29) is 12.4 Å². The third-order valence-corrected chi connectivity index (χ3v) is 3.91. The summed E-state index contributed by atoms with van der Waals surface area (Å²) in [5.41, 5.74) is 1.76. The summed E-state index contributed by atoms with van der Waals surface area (Å²) in [5.74, 6) is 0.135. The standard InChI is InChI=1S/C16H19N3O4/c1-3-23-14(20)13-17-15(19-18-13)16(9-22-10-16)12-6-4-11(5-7-12)8-21-2/h4-7H,3,8-10H2,1-2H3,(H,17,18,19). The first-order valence-corrected chi connectivity index (χ1v) is 7.45. The SMILES string of the molecule is CCOC(=O)c1n[nH]c(C2(c3ccc(COC)cc3)COC2)n1. The van der Waals surface area contributed by atoms with Gasteiger partial charge in [-0.15, -0.1) is 5.10 Å². The van der Waals surface area contributed by atoms with Crippen LogP contribution in [0.25, 0.3) is 0 Å². The topological polar surface area (TPSA) is 86.3 Å². The van der Waals surface area contributed by atoms with E-state index in [9.17, 15) is 4.79 Å². The minimum atomic E-state index is -0.527. The van der Waals surface area contributed by atoms with Crippen LogP contribution in [-0.4, -0.2) is 48.1 Å². The Morgan fingerprint density at radius 2 is 2.09 bits per heavy atom. The van der Waals surface area contributed by atoms with Crippen molar-refractivity contribution in [3.63, 3.8) is 0 Å². The van der Waals surface area contributed by atoms with E-state index in [4.69, 9.17) is 14.2 Å². The molecule has 2 heterocycles. The molecule has 0 aliphatic carbocycles. The van der Waals surface area contributed by atoms with Gasteiger partial charge in [-0.05, 0) is 18.1 Å². The molecule has 1 N–H and O–H groups in total. The van der Waals surface area contributed by atoms with Crippen LogP contribution < -0.4 is 0 Å². The van der Waals surface area contributed by atoms with Crippen molar-refractivity contribution in [2.75, 3.05) is 26.9 Å². The number of nitrogens with zero attached hydrogens (tertiary/aromatic N) is 2. The number of carbonyl (C=O) groups excluding carboxylic acids is 1. The number of H-pyrrole nitrogens is 1. The molecule has 1 aromatic carbocycles. The van der Waals surface area contributed by atoms with Gasteiger partial charge in [0.1, 0.15) is 11.2 Å². The number of aromatic nitrogens is 3. The minimum absolute atomic E-state index is 0.0455.